The van der Waals surface area contributed by atoms with Crippen molar-refractivity contribution in [3.63, 3.8) is 0 Å². The zero-order valence-corrected chi connectivity index (χ0v) is 14.7. The third kappa shape index (κ3) is 3.97. The predicted octanol–water partition coefficient (Wildman–Crippen LogP) is 2.79. The Hall–Kier alpha value is -2.58. The van der Waals surface area contributed by atoms with Crippen LogP contribution in [0.5, 0.6) is 0 Å². The van der Waals surface area contributed by atoms with Gasteiger partial charge in [-0.05, 0) is 37.8 Å². The van der Waals surface area contributed by atoms with Crippen LogP contribution in [0.15, 0.2) is 12.1 Å². The molecule has 6 nitrogen and oxygen atoms in total. The average molecular weight is 371 g/mol. The summed E-state index contributed by atoms with van der Waals surface area (Å²) in [6.45, 7) is 4.86. The molecule has 142 valence electrons. The van der Waals surface area contributed by atoms with Crippen molar-refractivity contribution in [2.75, 3.05) is 11.9 Å². The molecule has 0 radical (unpaired) electrons. The smallest absolute Gasteiger partial charge is 0.323 e. The van der Waals surface area contributed by atoms with Gasteiger partial charge in [-0.1, -0.05) is 13.8 Å². The van der Waals surface area contributed by atoms with Gasteiger partial charge in [-0.15, -0.1) is 0 Å². The largest absolute Gasteiger partial charge is 0.325 e. The summed E-state index contributed by atoms with van der Waals surface area (Å²) in [6, 6.07) is 0.775. The van der Waals surface area contributed by atoms with Crippen molar-refractivity contribution in [1.82, 2.24) is 10.2 Å². The Labute approximate surface area is 148 Å². The Bertz CT molecular complexity index is 754. The number of nitrogens with one attached hydrogen (secondary N) is 2. The van der Waals surface area contributed by atoms with E-state index in [4.69, 9.17) is 0 Å². The van der Waals surface area contributed by atoms with Gasteiger partial charge < -0.3 is 10.6 Å². The average Bonchev–Trinajstić information content (AvgIpc) is 2.77. The fourth-order valence-corrected chi connectivity index (χ4v) is 2.59. The van der Waals surface area contributed by atoms with E-state index in [0.717, 1.165) is 6.07 Å². The SMILES string of the molecule is CC(C)CC[C@]1(C)NC(=O)N(CC(=O)Nc2ccc(F)c(F)c2F)C1=O. The summed E-state index contributed by atoms with van der Waals surface area (Å²) < 4.78 is 39.7. The molecule has 2 N–H and O–H groups in total. The van der Waals surface area contributed by atoms with Crippen molar-refractivity contribution in [2.45, 2.75) is 39.2 Å². The minimum atomic E-state index is -1.72. The lowest BCUT2D eigenvalue weighted by atomic mass is 9.92. The highest BCUT2D eigenvalue weighted by atomic mass is 19.2. The number of imide groups is 1. The Balaban J connectivity index is 2.06. The summed E-state index contributed by atoms with van der Waals surface area (Å²) in [5.74, 6) is -5.83. The Morgan fingerprint density at radius 3 is 2.50 bits per heavy atom. The summed E-state index contributed by atoms with van der Waals surface area (Å²) in [5.41, 5.74) is -1.70. The topological polar surface area (TPSA) is 78.5 Å². The Morgan fingerprint density at radius 1 is 1.23 bits per heavy atom. The summed E-state index contributed by atoms with van der Waals surface area (Å²) in [6.07, 6.45) is 1.10. The second-order valence-corrected chi connectivity index (χ2v) is 6.86. The maximum absolute atomic E-state index is 13.6. The number of rotatable bonds is 6. The van der Waals surface area contributed by atoms with Crippen LogP contribution in [0.3, 0.4) is 0 Å². The first-order valence-electron chi connectivity index (χ1n) is 8.12. The van der Waals surface area contributed by atoms with E-state index in [1.165, 1.54) is 0 Å². The maximum Gasteiger partial charge on any atom is 0.325 e. The van der Waals surface area contributed by atoms with Crippen LogP contribution in [0.25, 0.3) is 0 Å². The van der Waals surface area contributed by atoms with Crippen molar-refractivity contribution in [1.29, 1.82) is 0 Å². The van der Waals surface area contributed by atoms with E-state index >= 15 is 0 Å². The third-order valence-corrected chi connectivity index (χ3v) is 4.18. The normalized spacial score (nSPS) is 19.9. The van der Waals surface area contributed by atoms with Crippen molar-refractivity contribution in [3.8, 4) is 0 Å². The predicted molar refractivity (Wildman–Crippen MR) is 87.7 cm³/mol. The number of carbonyl (C=O) groups is 3. The van der Waals surface area contributed by atoms with Gasteiger partial charge >= 0.3 is 6.03 Å². The lowest BCUT2D eigenvalue weighted by Crippen LogP contribution is -2.44. The first kappa shape index (κ1) is 19.7. The minimum absolute atomic E-state index is 0.324. The van der Waals surface area contributed by atoms with Crippen LogP contribution in [-0.4, -0.2) is 34.8 Å². The Kier molecular flexibility index (Phi) is 5.58. The van der Waals surface area contributed by atoms with E-state index in [9.17, 15) is 27.6 Å². The number of nitrogens with zero attached hydrogens (tertiary/aromatic N) is 1. The van der Waals surface area contributed by atoms with Gasteiger partial charge in [0.15, 0.2) is 17.5 Å². The second-order valence-electron chi connectivity index (χ2n) is 6.86. The molecule has 0 unspecified atom stereocenters. The fourth-order valence-electron chi connectivity index (χ4n) is 2.59. The maximum atomic E-state index is 13.6. The molecule has 2 rings (SSSR count). The first-order chi connectivity index (χ1) is 12.0. The summed E-state index contributed by atoms with van der Waals surface area (Å²) in [5, 5.41) is 4.59. The molecule has 1 heterocycles. The Morgan fingerprint density at radius 2 is 1.88 bits per heavy atom. The van der Waals surface area contributed by atoms with Crippen LogP contribution in [-0.2, 0) is 9.59 Å². The fraction of sp³-hybridized carbons (Fsp3) is 0.471. The quantitative estimate of drug-likeness (QED) is 0.596. The van der Waals surface area contributed by atoms with Crippen molar-refractivity contribution in [3.05, 3.63) is 29.6 Å². The number of hydrogen-bond acceptors (Lipinski definition) is 3. The lowest BCUT2D eigenvalue weighted by molar-refractivity contribution is -0.133. The molecule has 0 aliphatic carbocycles. The number of benzene rings is 1. The summed E-state index contributed by atoms with van der Waals surface area (Å²) >= 11 is 0. The molecular weight excluding hydrogens is 351 g/mol. The molecule has 1 aliphatic rings. The molecule has 1 fully saturated rings. The summed E-state index contributed by atoms with van der Waals surface area (Å²) in [7, 11) is 0. The number of carbonyl (C=O) groups excluding carboxylic acids is 3. The van der Waals surface area contributed by atoms with Crippen molar-refractivity contribution >= 4 is 23.5 Å². The van der Waals surface area contributed by atoms with E-state index in [-0.39, 0.29) is 0 Å². The van der Waals surface area contributed by atoms with E-state index in [0.29, 0.717) is 29.7 Å². The molecule has 1 atom stereocenters. The molecule has 4 amide bonds. The van der Waals surface area contributed by atoms with E-state index in [2.05, 4.69) is 5.32 Å². The highest BCUT2D eigenvalue weighted by Crippen LogP contribution is 2.25. The van der Waals surface area contributed by atoms with Gasteiger partial charge in [-0.2, -0.15) is 0 Å². The van der Waals surface area contributed by atoms with Crippen LogP contribution in [0.1, 0.15) is 33.6 Å². The molecule has 1 saturated heterocycles. The molecule has 0 bridgehead atoms. The van der Waals surface area contributed by atoms with E-state index in [1.807, 2.05) is 19.2 Å². The molecular formula is C17H20F3N3O3. The van der Waals surface area contributed by atoms with E-state index < -0.39 is 53.1 Å². The first-order valence-corrected chi connectivity index (χ1v) is 8.12. The number of halogens is 3. The highest BCUT2D eigenvalue weighted by Gasteiger charge is 2.47. The molecule has 1 aliphatic heterocycles. The lowest BCUT2D eigenvalue weighted by Gasteiger charge is -2.22. The molecule has 9 heteroatoms. The molecule has 0 spiro atoms. The summed E-state index contributed by atoms with van der Waals surface area (Å²) in [4.78, 5) is 37.2. The molecule has 0 saturated carbocycles. The second kappa shape index (κ2) is 7.35. The van der Waals surface area contributed by atoms with Crippen LogP contribution in [0.2, 0.25) is 0 Å². The monoisotopic (exact) mass is 371 g/mol. The van der Waals surface area contributed by atoms with Crippen LogP contribution in [0.4, 0.5) is 23.7 Å². The minimum Gasteiger partial charge on any atom is -0.323 e. The van der Waals surface area contributed by atoms with Crippen molar-refractivity contribution < 1.29 is 27.6 Å². The number of amides is 4. The van der Waals surface area contributed by atoms with Gasteiger partial charge in [0.05, 0.1) is 5.69 Å². The molecule has 26 heavy (non-hydrogen) atoms. The van der Waals surface area contributed by atoms with Gasteiger partial charge in [-0.25, -0.2) is 18.0 Å². The van der Waals surface area contributed by atoms with Gasteiger partial charge in [0.1, 0.15) is 12.1 Å². The zero-order chi connectivity index (χ0) is 19.6. The number of anilines is 1. The standard InChI is InChI=1S/C17H20F3N3O3/c1-9(2)6-7-17(3)15(25)23(16(26)22-17)8-12(24)21-11-5-4-10(18)13(19)14(11)20/h4-5,9H,6-8H2,1-3H3,(H,21,24)(H,22,26)/t17-/m0/s1. The van der Waals surface area contributed by atoms with Crippen molar-refractivity contribution in [2.24, 2.45) is 5.92 Å². The van der Waals surface area contributed by atoms with Gasteiger partial charge in [-0.3, -0.25) is 14.5 Å². The van der Waals surface area contributed by atoms with E-state index in [1.54, 1.807) is 6.92 Å². The molecule has 0 aromatic heterocycles. The number of urea groups is 1. The zero-order valence-electron chi connectivity index (χ0n) is 14.7. The van der Waals surface area contributed by atoms with Crippen LogP contribution >= 0.6 is 0 Å². The molecule has 1 aromatic rings. The molecule has 1 aromatic carbocycles. The van der Waals surface area contributed by atoms with Crippen LogP contribution in [0, 0.1) is 23.4 Å². The third-order valence-electron chi connectivity index (χ3n) is 4.18. The van der Waals surface area contributed by atoms with Gasteiger partial charge in [0.2, 0.25) is 5.91 Å². The highest BCUT2D eigenvalue weighted by molar-refractivity contribution is 6.09. The number of hydrogen-bond donors (Lipinski definition) is 2. The van der Waals surface area contributed by atoms with Crippen LogP contribution < -0.4 is 10.6 Å². The van der Waals surface area contributed by atoms with Gasteiger partial charge in [0.25, 0.3) is 5.91 Å². The van der Waals surface area contributed by atoms with Gasteiger partial charge in [0, 0.05) is 0 Å².